The Labute approximate surface area is 120 Å². The van der Waals surface area contributed by atoms with Crippen LogP contribution in [0, 0.1) is 0 Å². The Bertz CT molecular complexity index is 573. The van der Waals surface area contributed by atoms with Gasteiger partial charge in [0.25, 0.3) is 5.91 Å². The van der Waals surface area contributed by atoms with Crippen molar-refractivity contribution in [1.29, 1.82) is 0 Å². The van der Waals surface area contributed by atoms with Crippen LogP contribution < -0.4 is 5.32 Å². The average molecular weight is 325 g/mol. The minimum Gasteiger partial charge on any atom is -0.345 e. The van der Waals surface area contributed by atoms with Crippen LogP contribution >= 0.6 is 15.9 Å². The number of aryl methyl sites for hydroxylation is 2. The summed E-state index contributed by atoms with van der Waals surface area (Å²) in [6.07, 6.45) is 4.78. The summed E-state index contributed by atoms with van der Waals surface area (Å²) in [6, 6.07) is 3.73. The first kappa shape index (κ1) is 13.9. The Hall–Kier alpha value is -1.56. The van der Waals surface area contributed by atoms with Crippen molar-refractivity contribution in [1.82, 2.24) is 19.7 Å². The number of amides is 1. The fraction of sp³-hybridized carbons (Fsp3) is 0.385. The first-order chi connectivity index (χ1) is 9.10. The van der Waals surface area contributed by atoms with Crippen molar-refractivity contribution in [2.75, 3.05) is 0 Å². The van der Waals surface area contributed by atoms with Crippen molar-refractivity contribution < 1.29 is 4.79 Å². The first-order valence-corrected chi connectivity index (χ1v) is 7.02. The van der Waals surface area contributed by atoms with E-state index in [0.29, 0.717) is 12.2 Å². The van der Waals surface area contributed by atoms with Gasteiger partial charge in [-0.2, -0.15) is 5.10 Å². The zero-order valence-electron chi connectivity index (χ0n) is 11.1. The van der Waals surface area contributed by atoms with Crippen molar-refractivity contribution in [3.63, 3.8) is 0 Å². The molecule has 0 aliphatic rings. The maximum atomic E-state index is 12.1. The predicted octanol–water partition coefficient (Wildman–Crippen LogP) is 2.32. The number of hydrogen-bond acceptors (Lipinski definition) is 2. The Morgan fingerprint density at radius 1 is 1.53 bits per heavy atom. The summed E-state index contributed by atoms with van der Waals surface area (Å²) in [4.78, 5) is 12.1. The second-order valence-corrected chi connectivity index (χ2v) is 5.32. The quantitative estimate of drug-likeness (QED) is 0.917. The summed E-state index contributed by atoms with van der Waals surface area (Å²) in [5, 5.41) is 7.11. The second-order valence-electron chi connectivity index (χ2n) is 4.40. The van der Waals surface area contributed by atoms with Crippen molar-refractivity contribution in [3.8, 4) is 0 Å². The summed E-state index contributed by atoms with van der Waals surface area (Å²) in [5.41, 5.74) is 1.52. The van der Waals surface area contributed by atoms with Crippen LogP contribution in [0.3, 0.4) is 0 Å². The van der Waals surface area contributed by atoms with Gasteiger partial charge in [-0.05, 0) is 34.5 Å². The molecule has 2 heterocycles. The Morgan fingerprint density at radius 2 is 2.32 bits per heavy atom. The monoisotopic (exact) mass is 324 g/mol. The van der Waals surface area contributed by atoms with Gasteiger partial charge in [-0.1, -0.05) is 6.92 Å². The Morgan fingerprint density at radius 3 is 2.95 bits per heavy atom. The molecule has 5 nitrogen and oxygen atoms in total. The van der Waals surface area contributed by atoms with E-state index in [1.54, 1.807) is 4.68 Å². The topological polar surface area (TPSA) is 51.9 Å². The molecule has 0 saturated carbocycles. The molecule has 0 fully saturated rings. The number of carbonyl (C=O) groups excluding carboxylic acids is 1. The summed E-state index contributed by atoms with van der Waals surface area (Å²) in [5.74, 6) is -0.0789. The van der Waals surface area contributed by atoms with Gasteiger partial charge in [0.2, 0.25) is 0 Å². The molecule has 1 amide bonds. The van der Waals surface area contributed by atoms with Crippen LogP contribution in [0.25, 0.3) is 0 Å². The molecule has 2 rings (SSSR count). The molecule has 2 aromatic rings. The van der Waals surface area contributed by atoms with Gasteiger partial charge in [0, 0.05) is 30.5 Å². The average Bonchev–Trinajstić information content (AvgIpc) is 2.93. The van der Waals surface area contributed by atoms with Crippen LogP contribution in [0.5, 0.6) is 0 Å². The van der Waals surface area contributed by atoms with Gasteiger partial charge >= 0.3 is 0 Å². The summed E-state index contributed by atoms with van der Waals surface area (Å²) in [7, 11) is 1.86. The van der Waals surface area contributed by atoms with Crippen molar-refractivity contribution in [3.05, 3.63) is 40.4 Å². The van der Waals surface area contributed by atoms with E-state index < -0.39 is 0 Å². The van der Waals surface area contributed by atoms with Gasteiger partial charge in [0.05, 0.1) is 12.2 Å². The highest BCUT2D eigenvalue weighted by Crippen LogP contribution is 2.15. The Balaban J connectivity index is 2.03. The van der Waals surface area contributed by atoms with Crippen LogP contribution in [0.15, 0.2) is 29.0 Å². The molecule has 0 aliphatic heterocycles. The highest BCUT2D eigenvalue weighted by atomic mass is 79.9. The van der Waals surface area contributed by atoms with Gasteiger partial charge in [0.1, 0.15) is 5.69 Å². The SMILES string of the molecule is CCCn1cc(Br)cc1C(=O)NCc1ccn(C)n1. The molecule has 0 bridgehead atoms. The predicted molar refractivity (Wildman–Crippen MR) is 76.8 cm³/mol. The van der Waals surface area contributed by atoms with Gasteiger partial charge in [0.15, 0.2) is 0 Å². The lowest BCUT2D eigenvalue weighted by molar-refractivity contribution is 0.0941. The van der Waals surface area contributed by atoms with Crippen LogP contribution in [0.1, 0.15) is 29.5 Å². The number of halogens is 1. The lowest BCUT2D eigenvalue weighted by Crippen LogP contribution is -2.25. The molecule has 0 unspecified atom stereocenters. The molecule has 0 radical (unpaired) electrons. The molecule has 0 aliphatic carbocycles. The van der Waals surface area contributed by atoms with Crippen molar-refractivity contribution in [2.24, 2.45) is 7.05 Å². The Kier molecular flexibility index (Phi) is 4.42. The van der Waals surface area contributed by atoms with E-state index in [-0.39, 0.29) is 5.91 Å². The van der Waals surface area contributed by atoms with Crippen LogP contribution in [0.4, 0.5) is 0 Å². The fourth-order valence-electron chi connectivity index (χ4n) is 1.91. The molecule has 6 heteroatoms. The number of hydrogen-bond donors (Lipinski definition) is 1. The lowest BCUT2D eigenvalue weighted by atomic mass is 10.3. The number of rotatable bonds is 5. The van der Waals surface area contributed by atoms with Gasteiger partial charge < -0.3 is 9.88 Å². The molecule has 102 valence electrons. The molecule has 0 atom stereocenters. The molecule has 2 aromatic heterocycles. The van der Waals surface area contributed by atoms with E-state index >= 15 is 0 Å². The third-order valence-electron chi connectivity index (χ3n) is 2.76. The molecule has 0 saturated heterocycles. The first-order valence-electron chi connectivity index (χ1n) is 6.22. The highest BCUT2D eigenvalue weighted by molar-refractivity contribution is 9.10. The third kappa shape index (κ3) is 3.47. The van der Waals surface area contributed by atoms with Gasteiger partial charge in [-0.25, -0.2) is 0 Å². The van der Waals surface area contributed by atoms with Gasteiger partial charge in [-0.3, -0.25) is 9.48 Å². The summed E-state index contributed by atoms with van der Waals surface area (Å²) in [6.45, 7) is 3.36. The lowest BCUT2D eigenvalue weighted by Gasteiger charge is -2.07. The van der Waals surface area contributed by atoms with Crippen LogP contribution in [-0.2, 0) is 20.1 Å². The van der Waals surface area contributed by atoms with Crippen molar-refractivity contribution >= 4 is 21.8 Å². The third-order valence-corrected chi connectivity index (χ3v) is 3.19. The van der Waals surface area contributed by atoms with E-state index in [2.05, 4.69) is 33.3 Å². The molecule has 0 aromatic carbocycles. The minimum absolute atomic E-state index is 0.0789. The number of carbonyl (C=O) groups is 1. The zero-order valence-corrected chi connectivity index (χ0v) is 12.6. The molecular weight excluding hydrogens is 308 g/mol. The molecule has 0 spiro atoms. The second kappa shape index (κ2) is 6.06. The largest absolute Gasteiger partial charge is 0.345 e. The highest BCUT2D eigenvalue weighted by Gasteiger charge is 2.12. The summed E-state index contributed by atoms with van der Waals surface area (Å²) >= 11 is 3.40. The normalized spacial score (nSPS) is 10.7. The minimum atomic E-state index is -0.0789. The molecule has 1 N–H and O–H groups in total. The maximum Gasteiger partial charge on any atom is 0.268 e. The van der Waals surface area contributed by atoms with Crippen LogP contribution in [-0.4, -0.2) is 20.3 Å². The fourth-order valence-corrected chi connectivity index (χ4v) is 2.37. The van der Waals surface area contributed by atoms with E-state index in [9.17, 15) is 4.79 Å². The standard InChI is InChI=1S/C13H17BrN4O/c1-3-5-18-9-10(14)7-12(18)13(19)15-8-11-4-6-17(2)16-11/h4,6-7,9H,3,5,8H2,1-2H3,(H,15,19). The maximum absolute atomic E-state index is 12.1. The van der Waals surface area contributed by atoms with E-state index in [1.165, 1.54) is 0 Å². The van der Waals surface area contributed by atoms with Crippen LogP contribution in [0.2, 0.25) is 0 Å². The van der Waals surface area contributed by atoms with E-state index in [1.807, 2.05) is 36.1 Å². The smallest absolute Gasteiger partial charge is 0.268 e. The van der Waals surface area contributed by atoms with Gasteiger partial charge in [-0.15, -0.1) is 0 Å². The van der Waals surface area contributed by atoms with E-state index in [4.69, 9.17) is 0 Å². The summed E-state index contributed by atoms with van der Waals surface area (Å²) < 4.78 is 4.60. The van der Waals surface area contributed by atoms with Crippen molar-refractivity contribution in [2.45, 2.75) is 26.4 Å². The molecular formula is C13H17BrN4O. The number of nitrogens with one attached hydrogen (secondary N) is 1. The number of nitrogens with zero attached hydrogens (tertiary/aromatic N) is 3. The van der Waals surface area contributed by atoms with E-state index in [0.717, 1.165) is 23.1 Å². The zero-order chi connectivity index (χ0) is 13.8. The number of aromatic nitrogens is 3. The molecule has 19 heavy (non-hydrogen) atoms.